The summed E-state index contributed by atoms with van der Waals surface area (Å²) in [6, 6.07) is 19.8. The zero-order chi connectivity index (χ0) is 20.1. The number of benzene rings is 3. The van der Waals surface area contributed by atoms with E-state index in [-0.39, 0.29) is 18.0 Å². The summed E-state index contributed by atoms with van der Waals surface area (Å²) in [4.78, 5) is 25.6. The monoisotopic (exact) mass is 376 g/mol. The highest BCUT2D eigenvalue weighted by atomic mass is 19.1. The first kappa shape index (κ1) is 19.4. The van der Waals surface area contributed by atoms with Crippen molar-refractivity contribution in [2.24, 2.45) is 0 Å². The normalized spacial score (nSPS) is 11.7. The summed E-state index contributed by atoms with van der Waals surface area (Å²) in [6.45, 7) is 1.66. The number of hydrogen-bond acceptors (Lipinski definition) is 2. The minimum atomic E-state index is -0.423. The quantitative estimate of drug-likeness (QED) is 0.397. The van der Waals surface area contributed by atoms with Crippen molar-refractivity contribution in [1.82, 2.24) is 0 Å². The van der Waals surface area contributed by atoms with Crippen molar-refractivity contribution in [3.8, 4) is 0 Å². The van der Waals surface area contributed by atoms with Crippen LogP contribution in [0.25, 0.3) is 5.57 Å². The topological polar surface area (TPSA) is 34.1 Å². The van der Waals surface area contributed by atoms with Crippen LogP contribution in [0.2, 0.25) is 0 Å². The molecule has 0 heterocycles. The second-order valence-corrected chi connectivity index (χ2v) is 6.41. The molecule has 0 unspecified atom stereocenters. The molecule has 0 bridgehead atoms. The highest BCUT2D eigenvalue weighted by Crippen LogP contribution is 2.26. The maximum atomic E-state index is 13.2. The van der Waals surface area contributed by atoms with Crippen molar-refractivity contribution in [3.05, 3.63) is 113 Å². The average Bonchev–Trinajstić information content (AvgIpc) is 2.72. The minimum absolute atomic E-state index is 0.00554. The Hall–Kier alpha value is -3.40. The lowest BCUT2D eigenvalue weighted by Gasteiger charge is -2.12. The highest BCUT2D eigenvalue weighted by molar-refractivity contribution is 6.15. The third-order valence-corrected chi connectivity index (χ3v) is 4.53. The fraction of sp³-hybridized carbons (Fsp3) is 0.0833. The highest BCUT2D eigenvalue weighted by Gasteiger charge is 2.18. The maximum absolute atomic E-state index is 13.2. The summed E-state index contributed by atoms with van der Waals surface area (Å²) in [6.07, 6.45) is -0.00554. The Morgan fingerprint density at radius 2 is 1.18 bits per heavy atom. The van der Waals surface area contributed by atoms with E-state index in [0.717, 1.165) is 5.56 Å². The summed E-state index contributed by atoms with van der Waals surface area (Å²) in [5.74, 6) is -1.33. The van der Waals surface area contributed by atoms with Crippen molar-refractivity contribution in [3.63, 3.8) is 0 Å². The van der Waals surface area contributed by atoms with E-state index in [4.69, 9.17) is 0 Å². The van der Waals surface area contributed by atoms with Gasteiger partial charge in [0.15, 0.2) is 11.6 Å². The van der Waals surface area contributed by atoms with Crippen molar-refractivity contribution in [1.29, 1.82) is 0 Å². The van der Waals surface area contributed by atoms with E-state index in [1.807, 2.05) is 30.3 Å². The molecule has 2 nitrogen and oxygen atoms in total. The number of ketones is 2. The average molecular weight is 376 g/mol. The second-order valence-electron chi connectivity index (χ2n) is 6.41. The first-order valence-corrected chi connectivity index (χ1v) is 8.80. The lowest BCUT2D eigenvalue weighted by Crippen LogP contribution is -2.08. The van der Waals surface area contributed by atoms with Gasteiger partial charge in [0.1, 0.15) is 11.6 Å². The van der Waals surface area contributed by atoms with Crippen molar-refractivity contribution >= 4 is 17.1 Å². The van der Waals surface area contributed by atoms with Crippen LogP contribution in [0, 0.1) is 11.6 Å². The molecule has 0 aromatic heterocycles. The van der Waals surface area contributed by atoms with Gasteiger partial charge in [-0.05, 0) is 66.6 Å². The van der Waals surface area contributed by atoms with E-state index in [1.165, 1.54) is 48.5 Å². The van der Waals surface area contributed by atoms with E-state index in [1.54, 1.807) is 6.92 Å². The Morgan fingerprint density at radius 3 is 1.71 bits per heavy atom. The Kier molecular flexibility index (Phi) is 5.90. The fourth-order valence-electron chi connectivity index (χ4n) is 2.94. The van der Waals surface area contributed by atoms with Crippen LogP contribution >= 0.6 is 0 Å². The largest absolute Gasteiger partial charge is 0.294 e. The van der Waals surface area contributed by atoms with Gasteiger partial charge in [0, 0.05) is 23.1 Å². The molecule has 3 rings (SSSR count). The molecule has 0 fully saturated rings. The summed E-state index contributed by atoms with van der Waals surface area (Å²) in [5.41, 5.74) is 2.47. The van der Waals surface area contributed by atoms with Crippen molar-refractivity contribution in [2.45, 2.75) is 13.3 Å². The molecule has 0 saturated carbocycles. The number of carbonyl (C=O) groups excluding carboxylic acids is 2. The van der Waals surface area contributed by atoms with Gasteiger partial charge in [0.25, 0.3) is 0 Å². The van der Waals surface area contributed by atoms with Crippen LogP contribution in [0.3, 0.4) is 0 Å². The Balaban J connectivity index is 2.00. The molecule has 0 N–H and O–H groups in total. The zero-order valence-electron chi connectivity index (χ0n) is 15.3. The molecular weight excluding hydrogens is 358 g/mol. The molecular formula is C24H18F2O2. The number of Topliss-reactive ketones (excluding diaryl/α,β-unsaturated/α-hetero) is 2. The minimum Gasteiger partial charge on any atom is -0.294 e. The van der Waals surface area contributed by atoms with Gasteiger partial charge in [-0.25, -0.2) is 8.78 Å². The Morgan fingerprint density at radius 1 is 0.679 bits per heavy atom. The summed E-state index contributed by atoms with van der Waals surface area (Å²) in [5, 5.41) is 0. The first-order chi connectivity index (χ1) is 13.5. The van der Waals surface area contributed by atoms with E-state index in [2.05, 4.69) is 0 Å². The number of rotatable bonds is 6. The van der Waals surface area contributed by atoms with Gasteiger partial charge in [0.2, 0.25) is 0 Å². The molecule has 0 radical (unpaired) electrons. The molecule has 0 aliphatic carbocycles. The van der Waals surface area contributed by atoms with Gasteiger partial charge in [-0.2, -0.15) is 0 Å². The standard InChI is InChI=1S/C24H18F2O2/c1-16(24(28)19-9-13-21(26)14-10-19)22(17-5-3-2-4-6-17)15-23(27)18-7-11-20(25)12-8-18/h2-14H,15H2,1H3/b22-16-. The van der Waals surface area contributed by atoms with Gasteiger partial charge in [-0.3, -0.25) is 9.59 Å². The van der Waals surface area contributed by atoms with Crippen LogP contribution < -0.4 is 0 Å². The molecule has 28 heavy (non-hydrogen) atoms. The number of halogens is 2. The van der Waals surface area contributed by atoms with Crippen molar-refractivity contribution < 1.29 is 18.4 Å². The Bertz CT molecular complexity index is 1020. The molecule has 3 aromatic rings. The van der Waals surface area contributed by atoms with Crippen LogP contribution in [0.15, 0.2) is 84.4 Å². The predicted molar refractivity (Wildman–Crippen MR) is 105 cm³/mol. The van der Waals surface area contributed by atoms with Crippen LogP contribution in [0.5, 0.6) is 0 Å². The van der Waals surface area contributed by atoms with Gasteiger partial charge in [0.05, 0.1) is 0 Å². The molecule has 0 saturated heterocycles. The van der Waals surface area contributed by atoms with Gasteiger partial charge < -0.3 is 0 Å². The SMILES string of the molecule is C/C(C(=O)c1ccc(F)cc1)=C(\CC(=O)c1ccc(F)cc1)c1ccccc1. The zero-order valence-corrected chi connectivity index (χ0v) is 15.3. The van der Waals surface area contributed by atoms with Crippen molar-refractivity contribution in [2.75, 3.05) is 0 Å². The Labute approximate surface area is 162 Å². The van der Waals surface area contributed by atoms with Gasteiger partial charge in [-0.15, -0.1) is 0 Å². The van der Waals surface area contributed by atoms with Gasteiger partial charge >= 0.3 is 0 Å². The molecule has 0 atom stereocenters. The second kappa shape index (κ2) is 8.53. The third-order valence-electron chi connectivity index (χ3n) is 4.53. The molecule has 0 aliphatic heterocycles. The van der Waals surface area contributed by atoms with E-state index >= 15 is 0 Å². The number of carbonyl (C=O) groups is 2. The van der Waals surface area contributed by atoms with E-state index in [9.17, 15) is 18.4 Å². The lowest BCUT2D eigenvalue weighted by molar-refractivity contribution is 0.0998. The number of hydrogen-bond donors (Lipinski definition) is 0. The van der Waals surface area contributed by atoms with Crippen LogP contribution in [0.1, 0.15) is 39.6 Å². The molecule has 0 amide bonds. The molecule has 4 heteroatoms. The third kappa shape index (κ3) is 4.46. The van der Waals surface area contributed by atoms with E-state index < -0.39 is 11.6 Å². The number of allylic oxidation sites excluding steroid dienone is 2. The summed E-state index contributed by atoms with van der Waals surface area (Å²) < 4.78 is 26.3. The fourth-order valence-corrected chi connectivity index (χ4v) is 2.94. The summed E-state index contributed by atoms with van der Waals surface area (Å²) >= 11 is 0. The van der Waals surface area contributed by atoms with Crippen LogP contribution in [-0.4, -0.2) is 11.6 Å². The van der Waals surface area contributed by atoms with E-state index in [0.29, 0.717) is 22.3 Å². The smallest absolute Gasteiger partial charge is 0.189 e. The molecule has 140 valence electrons. The van der Waals surface area contributed by atoms with Gasteiger partial charge in [-0.1, -0.05) is 30.3 Å². The predicted octanol–water partition coefficient (Wildman–Crippen LogP) is 5.89. The van der Waals surface area contributed by atoms with Crippen LogP contribution in [-0.2, 0) is 0 Å². The lowest BCUT2D eigenvalue weighted by atomic mass is 9.90. The molecule has 0 aliphatic rings. The first-order valence-electron chi connectivity index (χ1n) is 8.80. The summed E-state index contributed by atoms with van der Waals surface area (Å²) in [7, 11) is 0. The maximum Gasteiger partial charge on any atom is 0.189 e. The molecule has 0 spiro atoms. The van der Waals surface area contributed by atoms with Crippen LogP contribution in [0.4, 0.5) is 8.78 Å². The molecule has 3 aromatic carbocycles.